The second kappa shape index (κ2) is 6.95. The van der Waals surface area contributed by atoms with Crippen LogP contribution in [0.3, 0.4) is 0 Å². The number of nitrogens with one attached hydrogen (secondary N) is 1. The van der Waals surface area contributed by atoms with Gasteiger partial charge in [-0.2, -0.15) is 0 Å². The first-order valence-electron chi connectivity index (χ1n) is 7.79. The molecule has 1 aliphatic rings. The van der Waals surface area contributed by atoms with Crippen molar-refractivity contribution in [3.05, 3.63) is 29.8 Å². The summed E-state index contributed by atoms with van der Waals surface area (Å²) in [5.41, 5.74) is 2.77. The molecule has 1 aromatic rings. The fourth-order valence-corrected chi connectivity index (χ4v) is 2.99. The van der Waals surface area contributed by atoms with Gasteiger partial charge in [-0.15, -0.1) is 0 Å². The molecule has 1 fully saturated rings. The number of nitrogens with zero attached hydrogens (tertiary/aromatic N) is 1. The molecular formula is C17H28N2. The Morgan fingerprint density at radius 3 is 2.32 bits per heavy atom. The van der Waals surface area contributed by atoms with Crippen molar-refractivity contribution in [2.75, 3.05) is 11.4 Å². The molecule has 0 bridgehead atoms. The molecule has 0 saturated heterocycles. The van der Waals surface area contributed by atoms with E-state index in [0.717, 1.165) is 19.1 Å². The van der Waals surface area contributed by atoms with Crippen molar-refractivity contribution in [3.63, 3.8) is 0 Å². The van der Waals surface area contributed by atoms with Crippen LogP contribution >= 0.6 is 0 Å². The smallest absolute Gasteiger partial charge is 0.0368 e. The van der Waals surface area contributed by atoms with Gasteiger partial charge in [0.15, 0.2) is 0 Å². The van der Waals surface area contributed by atoms with E-state index in [1.807, 2.05) is 0 Å². The molecule has 0 radical (unpaired) electrons. The Morgan fingerprint density at radius 2 is 1.79 bits per heavy atom. The third kappa shape index (κ3) is 3.97. The van der Waals surface area contributed by atoms with E-state index in [-0.39, 0.29) is 0 Å². The zero-order valence-electron chi connectivity index (χ0n) is 12.7. The van der Waals surface area contributed by atoms with Gasteiger partial charge in [-0.3, -0.25) is 0 Å². The van der Waals surface area contributed by atoms with E-state index >= 15 is 0 Å². The largest absolute Gasteiger partial charge is 0.369 e. The molecule has 0 aliphatic heterocycles. The summed E-state index contributed by atoms with van der Waals surface area (Å²) < 4.78 is 0. The third-order valence-electron chi connectivity index (χ3n) is 4.09. The van der Waals surface area contributed by atoms with E-state index in [2.05, 4.69) is 55.3 Å². The molecule has 2 rings (SSSR count). The van der Waals surface area contributed by atoms with Crippen LogP contribution in [0.15, 0.2) is 24.3 Å². The molecule has 2 heteroatoms. The van der Waals surface area contributed by atoms with Crippen LogP contribution < -0.4 is 10.2 Å². The molecule has 1 aliphatic carbocycles. The molecule has 1 N–H and O–H groups in total. The lowest BCUT2D eigenvalue weighted by molar-refractivity contribution is 0.588. The Hall–Kier alpha value is -1.02. The topological polar surface area (TPSA) is 15.3 Å². The summed E-state index contributed by atoms with van der Waals surface area (Å²) in [7, 11) is 0. The van der Waals surface area contributed by atoms with Crippen molar-refractivity contribution in [3.8, 4) is 0 Å². The van der Waals surface area contributed by atoms with Crippen molar-refractivity contribution >= 4 is 5.69 Å². The molecule has 0 aromatic heterocycles. The van der Waals surface area contributed by atoms with Crippen LogP contribution in [0.4, 0.5) is 5.69 Å². The second-order valence-electron chi connectivity index (χ2n) is 5.93. The zero-order chi connectivity index (χ0) is 13.7. The second-order valence-corrected chi connectivity index (χ2v) is 5.93. The fourth-order valence-electron chi connectivity index (χ4n) is 2.99. The molecule has 0 atom stereocenters. The van der Waals surface area contributed by atoms with Crippen LogP contribution in [0, 0.1) is 0 Å². The van der Waals surface area contributed by atoms with Crippen molar-refractivity contribution in [2.45, 2.75) is 65.1 Å². The van der Waals surface area contributed by atoms with Gasteiger partial charge in [0, 0.05) is 30.9 Å². The molecule has 0 spiro atoms. The molecular weight excluding hydrogens is 232 g/mol. The summed E-state index contributed by atoms with van der Waals surface area (Å²) in [4.78, 5) is 2.58. The van der Waals surface area contributed by atoms with E-state index in [1.54, 1.807) is 0 Å². The summed E-state index contributed by atoms with van der Waals surface area (Å²) in [6.07, 6.45) is 5.53. The first-order valence-corrected chi connectivity index (χ1v) is 7.79. The summed E-state index contributed by atoms with van der Waals surface area (Å²) in [6, 6.07) is 10.4. The van der Waals surface area contributed by atoms with Gasteiger partial charge in [0.25, 0.3) is 0 Å². The van der Waals surface area contributed by atoms with E-state index in [0.29, 0.717) is 6.04 Å². The first-order chi connectivity index (χ1) is 9.20. The first kappa shape index (κ1) is 14.4. The quantitative estimate of drug-likeness (QED) is 0.833. The summed E-state index contributed by atoms with van der Waals surface area (Å²) >= 11 is 0. The van der Waals surface area contributed by atoms with Crippen LogP contribution in [0.25, 0.3) is 0 Å². The third-order valence-corrected chi connectivity index (χ3v) is 4.09. The van der Waals surface area contributed by atoms with E-state index < -0.39 is 0 Å². The Balaban J connectivity index is 1.99. The number of hydrogen-bond acceptors (Lipinski definition) is 2. The van der Waals surface area contributed by atoms with Gasteiger partial charge >= 0.3 is 0 Å². The van der Waals surface area contributed by atoms with E-state index in [1.165, 1.54) is 36.9 Å². The molecule has 1 saturated carbocycles. The minimum absolute atomic E-state index is 0.547. The van der Waals surface area contributed by atoms with Crippen LogP contribution in [0.2, 0.25) is 0 Å². The lowest BCUT2D eigenvalue weighted by Gasteiger charge is -2.30. The number of anilines is 1. The average Bonchev–Trinajstić information content (AvgIpc) is 2.92. The Kier molecular flexibility index (Phi) is 5.26. The zero-order valence-corrected chi connectivity index (χ0v) is 12.7. The normalized spacial score (nSPS) is 16.2. The number of rotatable bonds is 6. The van der Waals surface area contributed by atoms with Crippen molar-refractivity contribution in [1.82, 2.24) is 5.32 Å². The maximum atomic E-state index is 3.47. The summed E-state index contributed by atoms with van der Waals surface area (Å²) in [5.74, 6) is 0. The van der Waals surface area contributed by atoms with Gasteiger partial charge in [0.2, 0.25) is 0 Å². The molecule has 0 amide bonds. The van der Waals surface area contributed by atoms with Gasteiger partial charge in [-0.05, 0) is 37.5 Å². The van der Waals surface area contributed by atoms with Crippen LogP contribution in [0.1, 0.15) is 52.0 Å². The highest BCUT2D eigenvalue weighted by molar-refractivity contribution is 5.48. The lowest BCUT2D eigenvalue weighted by Crippen LogP contribution is -2.32. The molecule has 106 valence electrons. The molecule has 19 heavy (non-hydrogen) atoms. The fraction of sp³-hybridized carbons (Fsp3) is 0.647. The van der Waals surface area contributed by atoms with Crippen molar-refractivity contribution in [2.24, 2.45) is 0 Å². The Labute approximate surface area is 118 Å². The monoisotopic (exact) mass is 260 g/mol. The highest BCUT2D eigenvalue weighted by Gasteiger charge is 2.21. The maximum Gasteiger partial charge on any atom is 0.0368 e. The van der Waals surface area contributed by atoms with Gasteiger partial charge in [0.05, 0.1) is 0 Å². The molecule has 0 heterocycles. The minimum atomic E-state index is 0.547. The maximum absolute atomic E-state index is 3.47. The van der Waals surface area contributed by atoms with E-state index in [4.69, 9.17) is 0 Å². The van der Waals surface area contributed by atoms with Crippen LogP contribution in [-0.2, 0) is 6.54 Å². The van der Waals surface area contributed by atoms with Crippen molar-refractivity contribution in [1.29, 1.82) is 0 Å². The van der Waals surface area contributed by atoms with Gasteiger partial charge in [-0.1, -0.05) is 38.8 Å². The minimum Gasteiger partial charge on any atom is -0.369 e. The van der Waals surface area contributed by atoms with E-state index in [9.17, 15) is 0 Å². The van der Waals surface area contributed by atoms with Gasteiger partial charge in [0.1, 0.15) is 0 Å². The van der Waals surface area contributed by atoms with Gasteiger partial charge in [-0.25, -0.2) is 0 Å². The average molecular weight is 260 g/mol. The Bertz CT molecular complexity index is 363. The van der Waals surface area contributed by atoms with Crippen LogP contribution in [-0.4, -0.2) is 18.6 Å². The predicted octanol–water partition coefficient (Wildman–Crippen LogP) is 3.95. The predicted molar refractivity (Wildman–Crippen MR) is 83.7 cm³/mol. The summed E-state index contributed by atoms with van der Waals surface area (Å²) in [5, 5.41) is 3.47. The molecule has 2 nitrogen and oxygen atoms in total. The highest BCUT2D eigenvalue weighted by atomic mass is 15.2. The highest BCUT2D eigenvalue weighted by Crippen LogP contribution is 2.28. The SMILES string of the molecule is CCN(c1ccc(CNC(C)C)cc1)C1CCCC1. The standard InChI is InChI=1S/C17H28N2/c1-4-19(16-7-5-6-8-16)17-11-9-15(10-12-17)13-18-14(2)3/h9-12,14,16,18H,4-8,13H2,1-3H3. The Morgan fingerprint density at radius 1 is 1.16 bits per heavy atom. The van der Waals surface area contributed by atoms with Gasteiger partial charge < -0.3 is 10.2 Å². The number of hydrogen-bond donors (Lipinski definition) is 1. The van der Waals surface area contributed by atoms with Crippen LogP contribution in [0.5, 0.6) is 0 Å². The lowest BCUT2D eigenvalue weighted by atomic mass is 10.1. The number of benzene rings is 1. The van der Waals surface area contributed by atoms with Crippen molar-refractivity contribution < 1.29 is 0 Å². The summed E-state index contributed by atoms with van der Waals surface area (Å²) in [6.45, 7) is 8.73. The molecule has 1 aromatic carbocycles. The molecule has 0 unspecified atom stereocenters.